The van der Waals surface area contributed by atoms with Crippen LogP contribution in [0.25, 0.3) is 0 Å². The smallest absolute Gasteiger partial charge is 0.117 e. The standard InChI is InChI=1S/C9H18FN/c1-9(2,3)7-5-11(4)6-8(7)10/h7-8H,5-6H2,1-4H3. The van der Waals surface area contributed by atoms with Crippen molar-refractivity contribution in [2.24, 2.45) is 11.3 Å². The van der Waals surface area contributed by atoms with Gasteiger partial charge < -0.3 is 4.90 Å². The molecule has 0 aromatic rings. The fraction of sp³-hybridized carbons (Fsp3) is 1.00. The fourth-order valence-electron chi connectivity index (χ4n) is 1.77. The molecule has 0 amide bonds. The highest BCUT2D eigenvalue weighted by atomic mass is 19.1. The molecule has 1 rings (SSSR count). The maximum absolute atomic E-state index is 13.3. The Hall–Kier alpha value is -0.110. The molecule has 0 spiro atoms. The van der Waals surface area contributed by atoms with Gasteiger partial charge in [0.25, 0.3) is 0 Å². The Morgan fingerprint density at radius 2 is 1.82 bits per heavy atom. The lowest BCUT2D eigenvalue weighted by Crippen LogP contribution is -2.28. The lowest BCUT2D eigenvalue weighted by molar-refractivity contribution is 0.159. The Bertz CT molecular complexity index is 139. The van der Waals surface area contributed by atoms with Gasteiger partial charge in [-0.2, -0.15) is 0 Å². The highest BCUT2D eigenvalue weighted by molar-refractivity contribution is 4.89. The molecule has 2 unspecified atom stereocenters. The molecule has 1 fully saturated rings. The Labute approximate surface area is 68.6 Å². The first-order chi connectivity index (χ1) is 4.91. The van der Waals surface area contributed by atoms with E-state index in [0.29, 0.717) is 6.54 Å². The van der Waals surface area contributed by atoms with Gasteiger partial charge >= 0.3 is 0 Å². The molecule has 0 aromatic carbocycles. The normalized spacial score (nSPS) is 34.6. The molecule has 2 atom stereocenters. The largest absolute Gasteiger partial charge is 0.303 e. The number of hydrogen-bond donors (Lipinski definition) is 0. The fourth-order valence-corrected chi connectivity index (χ4v) is 1.77. The second kappa shape index (κ2) is 2.74. The molecule has 0 saturated carbocycles. The van der Waals surface area contributed by atoms with Crippen molar-refractivity contribution in [1.29, 1.82) is 0 Å². The summed E-state index contributed by atoms with van der Waals surface area (Å²) in [5.41, 5.74) is 0.115. The molecule has 1 aliphatic rings. The van der Waals surface area contributed by atoms with E-state index in [1.807, 2.05) is 7.05 Å². The monoisotopic (exact) mass is 159 g/mol. The number of nitrogens with zero attached hydrogens (tertiary/aromatic N) is 1. The number of alkyl halides is 1. The minimum absolute atomic E-state index is 0.115. The van der Waals surface area contributed by atoms with Crippen LogP contribution in [0, 0.1) is 11.3 Å². The highest BCUT2D eigenvalue weighted by Gasteiger charge is 2.38. The van der Waals surface area contributed by atoms with E-state index in [1.54, 1.807) is 0 Å². The van der Waals surface area contributed by atoms with E-state index in [1.165, 1.54) is 0 Å². The van der Waals surface area contributed by atoms with Gasteiger partial charge in [0.05, 0.1) is 0 Å². The molecule has 1 saturated heterocycles. The van der Waals surface area contributed by atoms with Crippen LogP contribution in [-0.2, 0) is 0 Å². The van der Waals surface area contributed by atoms with E-state index in [4.69, 9.17) is 0 Å². The van der Waals surface area contributed by atoms with E-state index >= 15 is 0 Å². The van der Waals surface area contributed by atoms with Crippen molar-refractivity contribution in [3.63, 3.8) is 0 Å². The van der Waals surface area contributed by atoms with Crippen molar-refractivity contribution in [3.8, 4) is 0 Å². The van der Waals surface area contributed by atoms with Crippen molar-refractivity contribution in [2.75, 3.05) is 20.1 Å². The zero-order chi connectivity index (χ0) is 8.65. The van der Waals surface area contributed by atoms with E-state index in [9.17, 15) is 4.39 Å². The van der Waals surface area contributed by atoms with Crippen LogP contribution in [0.1, 0.15) is 20.8 Å². The topological polar surface area (TPSA) is 3.24 Å². The maximum Gasteiger partial charge on any atom is 0.117 e. The third-order valence-corrected chi connectivity index (χ3v) is 2.54. The van der Waals surface area contributed by atoms with Crippen LogP contribution in [0.5, 0.6) is 0 Å². The molecule has 0 aliphatic carbocycles. The van der Waals surface area contributed by atoms with Crippen molar-refractivity contribution in [3.05, 3.63) is 0 Å². The van der Waals surface area contributed by atoms with E-state index in [0.717, 1.165) is 6.54 Å². The van der Waals surface area contributed by atoms with Crippen LogP contribution in [-0.4, -0.2) is 31.2 Å². The number of rotatable bonds is 0. The molecule has 1 heterocycles. The summed E-state index contributed by atoms with van der Waals surface area (Å²) in [6.07, 6.45) is -0.625. The molecule has 2 heteroatoms. The second-order valence-corrected chi connectivity index (χ2v) is 4.71. The van der Waals surface area contributed by atoms with Crippen LogP contribution in [0.2, 0.25) is 0 Å². The van der Waals surface area contributed by atoms with Crippen LogP contribution in [0.3, 0.4) is 0 Å². The summed E-state index contributed by atoms with van der Waals surface area (Å²) < 4.78 is 13.3. The molecule has 0 radical (unpaired) electrons. The SMILES string of the molecule is CN1CC(F)C(C(C)(C)C)C1. The first-order valence-electron chi connectivity index (χ1n) is 4.24. The quantitative estimate of drug-likeness (QED) is 0.522. The van der Waals surface area contributed by atoms with Gasteiger partial charge in [-0.1, -0.05) is 20.8 Å². The summed E-state index contributed by atoms with van der Waals surface area (Å²) in [5.74, 6) is 0.215. The lowest BCUT2D eigenvalue weighted by Gasteiger charge is -2.27. The van der Waals surface area contributed by atoms with Crippen molar-refractivity contribution in [1.82, 2.24) is 4.90 Å². The predicted octanol–water partition coefficient (Wildman–Crippen LogP) is 1.93. The Morgan fingerprint density at radius 3 is 2.00 bits per heavy atom. The summed E-state index contributed by atoms with van der Waals surface area (Å²) in [7, 11) is 1.98. The molecule has 0 N–H and O–H groups in total. The Morgan fingerprint density at radius 1 is 1.27 bits per heavy atom. The Balaban J connectivity index is 2.60. The average molecular weight is 159 g/mol. The van der Waals surface area contributed by atoms with Crippen LogP contribution < -0.4 is 0 Å². The van der Waals surface area contributed by atoms with Crippen LogP contribution in [0.4, 0.5) is 4.39 Å². The molecule has 66 valence electrons. The lowest BCUT2D eigenvalue weighted by atomic mass is 9.79. The molecule has 0 aromatic heterocycles. The summed E-state index contributed by atoms with van der Waals surface area (Å²) in [5, 5.41) is 0. The third kappa shape index (κ3) is 1.92. The molecular formula is C9H18FN. The van der Waals surface area contributed by atoms with Crippen LogP contribution in [0.15, 0.2) is 0 Å². The molecule has 11 heavy (non-hydrogen) atoms. The van der Waals surface area contributed by atoms with Gasteiger partial charge in [0.15, 0.2) is 0 Å². The van der Waals surface area contributed by atoms with E-state index in [2.05, 4.69) is 25.7 Å². The van der Waals surface area contributed by atoms with Crippen LogP contribution >= 0.6 is 0 Å². The van der Waals surface area contributed by atoms with E-state index < -0.39 is 6.17 Å². The Kier molecular flexibility index (Phi) is 2.24. The second-order valence-electron chi connectivity index (χ2n) is 4.71. The first-order valence-corrected chi connectivity index (χ1v) is 4.24. The highest BCUT2D eigenvalue weighted by Crippen LogP contribution is 2.34. The predicted molar refractivity (Wildman–Crippen MR) is 45.3 cm³/mol. The number of likely N-dealkylation sites (tertiary alicyclic amines) is 1. The van der Waals surface area contributed by atoms with Gasteiger partial charge in [0, 0.05) is 19.0 Å². The van der Waals surface area contributed by atoms with Gasteiger partial charge in [-0.25, -0.2) is 4.39 Å². The number of halogens is 1. The molecule has 1 nitrogen and oxygen atoms in total. The maximum atomic E-state index is 13.3. The molecule has 0 bridgehead atoms. The van der Waals surface area contributed by atoms with Crippen molar-refractivity contribution < 1.29 is 4.39 Å². The van der Waals surface area contributed by atoms with Crippen molar-refractivity contribution in [2.45, 2.75) is 26.9 Å². The molecule has 1 aliphatic heterocycles. The minimum Gasteiger partial charge on any atom is -0.303 e. The minimum atomic E-state index is -0.625. The summed E-state index contributed by atoms with van der Waals surface area (Å²) in [6.45, 7) is 7.86. The van der Waals surface area contributed by atoms with Gasteiger partial charge in [0.1, 0.15) is 6.17 Å². The van der Waals surface area contributed by atoms with Gasteiger partial charge in [-0.3, -0.25) is 0 Å². The van der Waals surface area contributed by atoms with Gasteiger partial charge in [0.2, 0.25) is 0 Å². The zero-order valence-electron chi connectivity index (χ0n) is 7.89. The van der Waals surface area contributed by atoms with Gasteiger partial charge in [-0.05, 0) is 12.5 Å². The number of hydrogen-bond acceptors (Lipinski definition) is 1. The summed E-state index contributed by atoms with van der Waals surface area (Å²) in [4.78, 5) is 2.07. The average Bonchev–Trinajstić information content (AvgIpc) is 2.08. The molecular weight excluding hydrogens is 141 g/mol. The summed E-state index contributed by atoms with van der Waals surface area (Å²) in [6, 6.07) is 0. The first kappa shape index (κ1) is 8.98. The van der Waals surface area contributed by atoms with Crippen molar-refractivity contribution >= 4 is 0 Å². The zero-order valence-corrected chi connectivity index (χ0v) is 7.89. The summed E-state index contributed by atoms with van der Waals surface area (Å²) >= 11 is 0. The van der Waals surface area contributed by atoms with Gasteiger partial charge in [-0.15, -0.1) is 0 Å². The van der Waals surface area contributed by atoms with E-state index in [-0.39, 0.29) is 11.3 Å². The third-order valence-electron chi connectivity index (χ3n) is 2.54.